The van der Waals surface area contributed by atoms with Crippen molar-refractivity contribution in [1.82, 2.24) is 10.3 Å². The lowest BCUT2D eigenvalue weighted by atomic mass is 10.1. The van der Waals surface area contributed by atoms with Gasteiger partial charge in [0.2, 0.25) is 0 Å². The summed E-state index contributed by atoms with van der Waals surface area (Å²) in [6, 6.07) is 2.93. The van der Waals surface area contributed by atoms with Crippen molar-refractivity contribution >= 4 is 5.82 Å². The van der Waals surface area contributed by atoms with E-state index in [2.05, 4.69) is 28.2 Å². The number of hydrogen-bond donors (Lipinski definition) is 2. The molecule has 1 aromatic rings. The molecule has 116 valence electrons. The van der Waals surface area contributed by atoms with Crippen LogP contribution in [0.5, 0.6) is 0 Å². The number of aliphatic hydroxyl groups is 1. The Morgan fingerprint density at radius 3 is 2.90 bits per heavy atom. The number of pyridine rings is 1. The van der Waals surface area contributed by atoms with Crippen LogP contribution >= 0.6 is 0 Å². The van der Waals surface area contributed by atoms with E-state index in [9.17, 15) is 5.11 Å². The predicted octanol–water partition coefficient (Wildman–Crippen LogP) is 1.23. The quantitative estimate of drug-likeness (QED) is 0.854. The van der Waals surface area contributed by atoms with E-state index >= 15 is 0 Å². The first-order valence-corrected chi connectivity index (χ1v) is 7.86. The topological polar surface area (TPSA) is 57.6 Å². The molecule has 2 N–H and O–H groups in total. The summed E-state index contributed by atoms with van der Waals surface area (Å²) < 4.78 is 5.69. The van der Waals surface area contributed by atoms with Crippen LogP contribution in [0.2, 0.25) is 0 Å². The standard InChI is InChI=1S/C16H25N3O2/c1-11-5-13(6-17-14-3-4-14)7-18-16(11)19-8-12(2)21-15(9-19)10-20/h5,7,12,14-15,17,20H,3-4,6,8-10H2,1-2H3. The molecule has 0 amide bonds. The second-order valence-corrected chi connectivity index (χ2v) is 6.30. The molecule has 2 atom stereocenters. The average Bonchev–Trinajstić information content (AvgIpc) is 3.28. The SMILES string of the molecule is Cc1cc(CNC2CC2)cnc1N1CC(C)OC(CO)C1. The van der Waals surface area contributed by atoms with E-state index in [-0.39, 0.29) is 18.8 Å². The second kappa shape index (κ2) is 6.30. The number of aryl methyl sites for hydroxylation is 1. The highest BCUT2D eigenvalue weighted by Gasteiger charge is 2.26. The van der Waals surface area contributed by atoms with Crippen molar-refractivity contribution in [2.24, 2.45) is 0 Å². The number of nitrogens with zero attached hydrogens (tertiary/aromatic N) is 2. The normalized spacial score (nSPS) is 26.1. The fourth-order valence-corrected chi connectivity index (χ4v) is 2.92. The van der Waals surface area contributed by atoms with Crippen LogP contribution in [-0.2, 0) is 11.3 Å². The maximum Gasteiger partial charge on any atom is 0.131 e. The molecule has 2 aliphatic rings. The molecular formula is C16H25N3O2. The van der Waals surface area contributed by atoms with Gasteiger partial charge in [-0.05, 0) is 43.9 Å². The van der Waals surface area contributed by atoms with Crippen molar-refractivity contribution in [3.05, 3.63) is 23.4 Å². The summed E-state index contributed by atoms with van der Waals surface area (Å²) in [6.45, 7) is 6.63. The van der Waals surface area contributed by atoms with Crippen molar-refractivity contribution in [2.75, 3.05) is 24.6 Å². The van der Waals surface area contributed by atoms with Crippen molar-refractivity contribution in [1.29, 1.82) is 0 Å². The number of aliphatic hydroxyl groups excluding tert-OH is 1. The monoisotopic (exact) mass is 291 g/mol. The Kier molecular flexibility index (Phi) is 4.42. The highest BCUT2D eigenvalue weighted by molar-refractivity contribution is 5.48. The van der Waals surface area contributed by atoms with E-state index in [4.69, 9.17) is 4.74 Å². The maximum absolute atomic E-state index is 9.33. The number of nitrogens with one attached hydrogen (secondary N) is 1. The number of anilines is 1. The zero-order valence-corrected chi connectivity index (χ0v) is 12.9. The highest BCUT2D eigenvalue weighted by atomic mass is 16.5. The van der Waals surface area contributed by atoms with E-state index < -0.39 is 0 Å². The first kappa shape index (κ1) is 14.8. The van der Waals surface area contributed by atoms with Crippen LogP contribution in [0.3, 0.4) is 0 Å². The lowest BCUT2D eigenvalue weighted by molar-refractivity contribution is -0.0423. The molecule has 2 unspecified atom stereocenters. The van der Waals surface area contributed by atoms with Crippen LogP contribution in [0, 0.1) is 6.92 Å². The lowest BCUT2D eigenvalue weighted by Gasteiger charge is -2.37. The summed E-state index contributed by atoms with van der Waals surface area (Å²) in [5.41, 5.74) is 2.43. The molecule has 2 fully saturated rings. The van der Waals surface area contributed by atoms with Gasteiger partial charge in [0.05, 0.1) is 18.8 Å². The summed E-state index contributed by atoms with van der Waals surface area (Å²) in [5, 5.41) is 12.9. The Labute approximate surface area is 126 Å². The van der Waals surface area contributed by atoms with Gasteiger partial charge in [-0.25, -0.2) is 4.98 Å². The number of morpholine rings is 1. The van der Waals surface area contributed by atoms with E-state index in [1.165, 1.54) is 24.0 Å². The molecule has 5 nitrogen and oxygen atoms in total. The van der Waals surface area contributed by atoms with Gasteiger partial charge in [0, 0.05) is 31.9 Å². The Balaban J connectivity index is 1.68. The molecule has 2 heterocycles. The molecule has 3 rings (SSSR count). The van der Waals surface area contributed by atoms with Gasteiger partial charge in [-0.2, -0.15) is 0 Å². The minimum Gasteiger partial charge on any atom is -0.394 e. The van der Waals surface area contributed by atoms with Gasteiger partial charge in [-0.3, -0.25) is 0 Å². The molecule has 1 aliphatic heterocycles. The summed E-state index contributed by atoms with van der Waals surface area (Å²) in [4.78, 5) is 6.88. The Hall–Kier alpha value is -1.17. The summed E-state index contributed by atoms with van der Waals surface area (Å²) in [5.74, 6) is 1.01. The average molecular weight is 291 g/mol. The molecule has 0 radical (unpaired) electrons. The highest BCUT2D eigenvalue weighted by Crippen LogP contribution is 2.23. The molecular weight excluding hydrogens is 266 g/mol. The minimum absolute atomic E-state index is 0.0588. The first-order chi connectivity index (χ1) is 10.2. The third-order valence-corrected chi connectivity index (χ3v) is 4.11. The van der Waals surface area contributed by atoms with Crippen molar-refractivity contribution in [2.45, 2.75) is 51.5 Å². The number of hydrogen-bond acceptors (Lipinski definition) is 5. The summed E-state index contributed by atoms with van der Waals surface area (Å²) in [6.07, 6.45) is 4.57. The molecule has 0 aromatic carbocycles. The molecule has 1 aliphatic carbocycles. The largest absolute Gasteiger partial charge is 0.394 e. The molecule has 1 saturated carbocycles. The van der Waals surface area contributed by atoms with E-state index in [1.807, 2.05) is 13.1 Å². The van der Waals surface area contributed by atoms with Crippen molar-refractivity contribution < 1.29 is 9.84 Å². The van der Waals surface area contributed by atoms with E-state index in [1.54, 1.807) is 0 Å². The Morgan fingerprint density at radius 2 is 2.24 bits per heavy atom. The van der Waals surface area contributed by atoms with Gasteiger partial charge >= 0.3 is 0 Å². The summed E-state index contributed by atoms with van der Waals surface area (Å²) in [7, 11) is 0. The van der Waals surface area contributed by atoms with E-state index in [0.29, 0.717) is 6.54 Å². The zero-order chi connectivity index (χ0) is 14.8. The van der Waals surface area contributed by atoms with E-state index in [0.717, 1.165) is 24.9 Å². The first-order valence-electron chi connectivity index (χ1n) is 7.86. The van der Waals surface area contributed by atoms with Crippen LogP contribution in [0.25, 0.3) is 0 Å². The molecule has 5 heteroatoms. The minimum atomic E-state index is -0.119. The lowest BCUT2D eigenvalue weighted by Crippen LogP contribution is -2.48. The molecule has 0 bridgehead atoms. The van der Waals surface area contributed by atoms with Gasteiger partial charge in [0.1, 0.15) is 5.82 Å². The Bertz CT molecular complexity index is 490. The van der Waals surface area contributed by atoms with Gasteiger partial charge in [-0.1, -0.05) is 0 Å². The molecule has 0 spiro atoms. The van der Waals surface area contributed by atoms with Gasteiger partial charge in [-0.15, -0.1) is 0 Å². The van der Waals surface area contributed by atoms with Crippen LogP contribution in [-0.4, -0.2) is 48.0 Å². The van der Waals surface area contributed by atoms with Crippen LogP contribution in [0.15, 0.2) is 12.3 Å². The molecule has 21 heavy (non-hydrogen) atoms. The smallest absolute Gasteiger partial charge is 0.131 e. The van der Waals surface area contributed by atoms with Gasteiger partial charge < -0.3 is 20.1 Å². The number of rotatable bonds is 5. The zero-order valence-electron chi connectivity index (χ0n) is 12.9. The third kappa shape index (κ3) is 3.73. The Morgan fingerprint density at radius 1 is 1.43 bits per heavy atom. The van der Waals surface area contributed by atoms with Crippen LogP contribution in [0.1, 0.15) is 30.9 Å². The molecule has 1 saturated heterocycles. The fourth-order valence-electron chi connectivity index (χ4n) is 2.92. The van der Waals surface area contributed by atoms with Gasteiger partial charge in [0.25, 0.3) is 0 Å². The van der Waals surface area contributed by atoms with Gasteiger partial charge in [0.15, 0.2) is 0 Å². The predicted molar refractivity (Wildman–Crippen MR) is 82.5 cm³/mol. The van der Waals surface area contributed by atoms with Crippen LogP contribution in [0.4, 0.5) is 5.82 Å². The van der Waals surface area contributed by atoms with Crippen molar-refractivity contribution in [3.63, 3.8) is 0 Å². The van der Waals surface area contributed by atoms with Crippen LogP contribution < -0.4 is 10.2 Å². The second-order valence-electron chi connectivity index (χ2n) is 6.30. The number of ether oxygens (including phenoxy) is 1. The molecule has 1 aromatic heterocycles. The fraction of sp³-hybridized carbons (Fsp3) is 0.688. The third-order valence-electron chi connectivity index (χ3n) is 4.11. The van der Waals surface area contributed by atoms with Crippen molar-refractivity contribution in [3.8, 4) is 0 Å². The number of aromatic nitrogens is 1. The maximum atomic E-state index is 9.33. The summed E-state index contributed by atoms with van der Waals surface area (Å²) >= 11 is 0.